The lowest BCUT2D eigenvalue weighted by molar-refractivity contribution is 0.0671. The van der Waals surface area contributed by atoms with Crippen LogP contribution in [0.15, 0.2) is 48.5 Å². The Morgan fingerprint density at radius 1 is 0.968 bits per heavy atom. The first kappa shape index (κ1) is 22.6. The van der Waals surface area contributed by atoms with Gasteiger partial charge in [0, 0.05) is 44.0 Å². The van der Waals surface area contributed by atoms with Gasteiger partial charge < -0.3 is 20.4 Å². The highest BCUT2D eigenvalue weighted by Gasteiger charge is 2.25. The van der Waals surface area contributed by atoms with E-state index in [2.05, 4.69) is 10.6 Å². The lowest BCUT2D eigenvalue weighted by Gasteiger charge is -2.34. The van der Waals surface area contributed by atoms with Crippen molar-refractivity contribution in [3.63, 3.8) is 0 Å². The molecule has 1 heterocycles. The van der Waals surface area contributed by atoms with E-state index < -0.39 is 0 Å². The zero-order valence-corrected chi connectivity index (χ0v) is 18.5. The highest BCUT2D eigenvalue weighted by atomic mass is 35.5. The number of hydrogen-bond donors (Lipinski definition) is 2. The lowest BCUT2D eigenvalue weighted by Crippen LogP contribution is -2.51. The SMILES string of the molecule is CC(C)CNC(=O)c1ccc(NC(=O)N2CCN(C(=O)c3ccccc3)CC2)cc1Cl. The van der Waals surface area contributed by atoms with Crippen molar-refractivity contribution in [3.8, 4) is 0 Å². The number of hydrogen-bond acceptors (Lipinski definition) is 3. The predicted octanol–water partition coefficient (Wildman–Crippen LogP) is 3.72. The minimum absolute atomic E-state index is 0.0289. The van der Waals surface area contributed by atoms with Crippen LogP contribution >= 0.6 is 11.6 Å². The topological polar surface area (TPSA) is 81.8 Å². The molecule has 4 amide bonds. The number of piperazine rings is 1. The van der Waals surface area contributed by atoms with E-state index >= 15 is 0 Å². The molecule has 0 spiro atoms. The van der Waals surface area contributed by atoms with E-state index in [1.807, 2.05) is 32.0 Å². The van der Waals surface area contributed by atoms with Crippen LogP contribution in [0, 0.1) is 5.92 Å². The highest BCUT2D eigenvalue weighted by molar-refractivity contribution is 6.34. The van der Waals surface area contributed by atoms with E-state index in [1.165, 1.54) is 0 Å². The quantitative estimate of drug-likeness (QED) is 0.740. The fourth-order valence-electron chi connectivity index (χ4n) is 3.25. The fourth-order valence-corrected chi connectivity index (χ4v) is 3.51. The highest BCUT2D eigenvalue weighted by Crippen LogP contribution is 2.22. The number of urea groups is 1. The molecular formula is C23H27ClN4O3. The first-order valence-electron chi connectivity index (χ1n) is 10.3. The van der Waals surface area contributed by atoms with Crippen LogP contribution in [0.4, 0.5) is 10.5 Å². The van der Waals surface area contributed by atoms with Crippen molar-refractivity contribution in [1.29, 1.82) is 0 Å². The monoisotopic (exact) mass is 442 g/mol. The third kappa shape index (κ3) is 5.98. The summed E-state index contributed by atoms with van der Waals surface area (Å²) in [5, 5.41) is 5.91. The molecular weight excluding hydrogens is 416 g/mol. The van der Waals surface area contributed by atoms with Crippen LogP contribution in [0.1, 0.15) is 34.6 Å². The summed E-state index contributed by atoms with van der Waals surface area (Å²) < 4.78 is 0. The van der Waals surface area contributed by atoms with Crippen LogP contribution in [0.3, 0.4) is 0 Å². The summed E-state index contributed by atoms with van der Waals surface area (Å²) in [7, 11) is 0. The zero-order chi connectivity index (χ0) is 22.4. The summed E-state index contributed by atoms with van der Waals surface area (Å²) in [6.07, 6.45) is 0. The van der Waals surface area contributed by atoms with Crippen LogP contribution in [-0.4, -0.2) is 60.4 Å². The molecule has 8 heteroatoms. The standard InChI is InChI=1S/C23H27ClN4O3/c1-16(2)15-25-21(29)19-9-8-18(14-20(19)24)26-23(31)28-12-10-27(11-13-28)22(30)17-6-4-3-5-7-17/h3-9,14,16H,10-13,15H2,1-2H3,(H,25,29)(H,26,31). The van der Waals surface area contributed by atoms with Crippen molar-refractivity contribution in [2.75, 3.05) is 38.0 Å². The van der Waals surface area contributed by atoms with Crippen molar-refractivity contribution in [2.24, 2.45) is 5.92 Å². The smallest absolute Gasteiger partial charge is 0.321 e. The Bertz CT molecular complexity index is 941. The number of carbonyl (C=O) groups excluding carboxylic acids is 3. The van der Waals surface area contributed by atoms with Gasteiger partial charge in [0.2, 0.25) is 0 Å². The fraction of sp³-hybridized carbons (Fsp3) is 0.348. The van der Waals surface area contributed by atoms with Gasteiger partial charge in [0.25, 0.3) is 11.8 Å². The van der Waals surface area contributed by atoms with E-state index in [1.54, 1.807) is 40.1 Å². The van der Waals surface area contributed by atoms with Gasteiger partial charge in [0.05, 0.1) is 10.6 Å². The molecule has 0 bridgehead atoms. The van der Waals surface area contributed by atoms with Crippen LogP contribution in [-0.2, 0) is 0 Å². The Labute approximate surface area is 187 Å². The Balaban J connectivity index is 1.53. The molecule has 2 aromatic rings. The van der Waals surface area contributed by atoms with Crippen molar-refractivity contribution < 1.29 is 14.4 Å². The number of benzene rings is 2. The minimum atomic E-state index is -0.264. The molecule has 2 aromatic carbocycles. The van der Waals surface area contributed by atoms with Crippen molar-refractivity contribution in [3.05, 3.63) is 64.7 Å². The average molecular weight is 443 g/mol. The van der Waals surface area contributed by atoms with Gasteiger partial charge in [-0.3, -0.25) is 9.59 Å². The molecule has 0 atom stereocenters. The molecule has 0 saturated carbocycles. The number of rotatable bonds is 5. The Kier molecular flexibility index (Phi) is 7.52. The third-order valence-electron chi connectivity index (χ3n) is 5.01. The summed E-state index contributed by atoms with van der Waals surface area (Å²) in [5.74, 6) is 0.0688. The summed E-state index contributed by atoms with van der Waals surface area (Å²) in [5.41, 5.74) is 1.53. The van der Waals surface area contributed by atoms with Gasteiger partial charge >= 0.3 is 6.03 Å². The number of carbonyl (C=O) groups is 3. The molecule has 2 N–H and O–H groups in total. The summed E-state index contributed by atoms with van der Waals surface area (Å²) >= 11 is 6.25. The number of halogens is 1. The van der Waals surface area contributed by atoms with E-state index in [0.717, 1.165) is 0 Å². The molecule has 7 nitrogen and oxygen atoms in total. The average Bonchev–Trinajstić information content (AvgIpc) is 2.77. The number of amides is 4. The second-order valence-corrected chi connectivity index (χ2v) is 8.28. The molecule has 164 valence electrons. The predicted molar refractivity (Wildman–Crippen MR) is 122 cm³/mol. The second kappa shape index (κ2) is 10.3. The Morgan fingerprint density at radius 2 is 1.61 bits per heavy atom. The first-order valence-corrected chi connectivity index (χ1v) is 10.7. The molecule has 0 radical (unpaired) electrons. The number of nitrogens with zero attached hydrogens (tertiary/aromatic N) is 2. The molecule has 1 saturated heterocycles. The largest absolute Gasteiger partial charge is 0.352 e. The normalized spacial score (nSPS) is 13.8. The molecule has 1 fully saturated rings. The Morgan fingerprint density at radius 3 is 2.23 bits per heavy atom. The van der Waals surface area contributed by atoms with Gasteiger partial charge in [0.15, 0.2) is 0 Å². The molecule has 0 unspecified atom stereocenters. The van der Waals surface area contributed by atoms with Crippen LogP contribution < -0.4 is 10.6 Å². The maximum atomic E-state index is 12.6. The Hall–Kier alpha value is -3.06. The van der Waals surface area contributed by atoms with Crippen molar-refractivity contribution >= 4 is 35.1 Å². The van der Waals surface area contributed by atoms with Crippen LogP contribution in [0.25, 0.3) is 0 Å². The molecule has 1 aliphatic heterocycles. The summed E-state index contributed by atoms with van der Waals surface area (Å²) in [4.78, 5) is 40.8. The van der Waals surface area contributed by atoms with Gasteiger partial charge in [0.1, 0.15) is 0 Å². The van der Waals surface area contributed by atoms with Gasteiger partial charge in [-0.1, -0.05) is 43.6 Å². The van der Waals surface area contributed by atoms with E-state index in [-0.39, 0.29) is 22.9 Å². The molecule has 3 rings (SSSR count). The molecule has 1 aliphatic rings. The van der Waals surface area contributed by atoms with Crippen molar-refractivity contribution in [2.45, 2.75) is 13.8 Å². The van der Waals surface area contributed by atoms with Crippen LogP contribution in [0.5, 0.6) is 0 Å². The molecule has 31 heavy (non-hydrogen) atoms. The molecule has 0 aromatic heterocycles. The zero-order valence-electron chi connectivity index (χ0n) is 17.7. The van der Waals surface area contributed by atoms with E-state index in [9.17, 15) is 14.4 Å². The molecule has 0 aliphatic carbocycles. The number of nitrogens with one attached hydrogen (secondary N) is 2. The van der Waals surface area contributed by atoms with E-state index in [4.69, 9.17) is 11.6 Å². The lowest BCUT2D eigenvalue weighted by atomic mass is 10.1. The number of anilines is 1. The van der Waals surface area contributed by atoms with Gasteiger partial charge in [-0.05, 0) is 36.2 Å². The summed E-state index contributed by atoms with van der Waals surface area (Å²) in [6, 6.07) is 13.7. The maximum Gasteiger partial charge on any atom is 0.321 e. The van der Waals surface area contributed by atoms with Crippen molar-refractivity contribution in [1.82, 2.24) is 15.1 Å². The van der Waals surface area contributed by atoms with Gasteiger partial charge in [-0.25, -0.2) is 4.79 Å². The van der Waals surface area contributed by atoms with Gasteiger partial charge in [-0.2, -0.15) is 0 Å². The van der Waals surface area contributed by atoms with Crippen LogP contribution in [0.2, 0.25) is 5.02 Å². The van der Waals surface area contributed by atoms with E-state index in [0.29, 0.717) is 55.5 Å². The minimum Gasteiger partial charge on any atom is -0.352 e. The first-order chi connectivity index (χ1) is 14.8. The van der Waals surface area contributed by atoms with Gasteiger partial charge in [-0.15, -0.1) is 0 Å². The summed E-state index contributed by atoms with van der Waals surface area (Å²) in [6.45, 7) is 6.40. The second-order valence-electron chi connectivity index (χ2n) is 7.87. The third-order valence-corrected chi connectivity index (χ3v) is 5.32. The maximum absolute atomic E-state index is 12.6.